The first-order valence-electron chi connectivity index (χ1n) is 5.43. The number of fused-ring (bicyclic) bond motifs is 1. The van der Waals surface area contributed by atoms with Crippen LogP contribution in [0, 0.1) is 0 Å². The average molecular weight is 216 g/mol. The number of methoxy groups -OCH3 is 2. The molecular weight excluding hydrogens is 200 g/mol. The molecule has 0 aliphatic carbocycles. The van der Waals surface area contributed by atoms with E-state index in [2.05, 4.69) is 31.2 Å². The van der Waals surface area contributed by atoms with Crippen LogP contribution in [0.5, 0.6) is 11.5 Å². The maximum atomic E-state index is 5.40. The molecule has 0 unspecified atom stereocenters. The minimum absolute atomic E-state index is 0.777. The number of hydrogen-bond acceptors (Lipinski definition) is 2. The van der Waals surface area contributed by atoms with E-state index in [1.165, 1.54) is 10.9 Å². The Morgan fingerprint density at radius 3 is 2.44 bits per heavy atom. The molecule has 2 rings (SSSR count). The molecule has 0 aliphatic heterocycles. The zero-order chi connectivity index (χ0) is 11.5. The van der Waals surface area contributed by atoms with Crippen LogP contribution >= 0.6 is 0 Å². The second-order valence-corrected chi connectivity index (χ2v) is 3.71. The van der Waals surface area contributed by atoms with Gasteiger partial charge in [0.1, 0.15) is 0 Å². The number of hydrogen-bond donors (Lipinski definition) is 0. The maximum Gasteiger partial charge on any atom is 0.168 e. The van der Waals surface area contributed by atoms with Crippen molar-refractivity contribution in [2.75, 3.05) is 14.2 Å². The molecule has 0 spiro atoms. The lowest BCUT2D eigenvalue weighted by Crippen LogP contribution is -1.92. The van der Waals surface area contributed by atoms with Gasteiger partial charge in [-0.05, 0) is 23.4 Å². The highest BCUT2D eigenvalue weighted by molar-refractivity contribution is 5.91. The molecule has 2 nitrogen and oxygen atoms in total. The van der Waals surface area contributed by atoms with E-state index in [1.807, 2.05) is 6.07 Å². The van der Waals surface area contributed by atoms with E-state index < -0.39 is 0 Å². The highest BCUT2D eigenvalue weighted by atomic mass is 16.5. The van der Waals surface area contributed by atoms with Gasteiger partial charge in [-0.3, -0.25) is 0 Å². The Balaban J connectivity index is 2.69. The van der Waals surface area contributed by atoms with E-state index in [9.17, 15) is 0 Å². The van der Waals surface area contributed by atoms with E-state index in [4.69, 9.17) is 9.47 Å². The lowest BCUT2D eigenvalue weighted by atomic mass is 10.0. The first-order chi connectivity index (χ1) is 7.80. The van der Waals surface area contributed by atoms with E-state index >= 15 is 0 Å². The molecule has 0 heterocycles. The zero-order valence-electron chi connectivity index (χ0n) is 9.91. The Hall–Kier alpha value is -1.70. The van der Waals surface area contributed by atoms with Crippen molar-refractivity contribution in [1.82, 2.24) is 0 Å². The molecule has 0 radical (unpaired) electrons. The van der Waals surface area contributed by atoms with Crippen LogP contribution in [0.3, 0.4) is 0 Å². The normalized spacial score (nSPS) is 10.4. The summed E-state index contributed by atoms with van der Waals surface area (Å²) < 4.78 is 10.7. The van der Waals surface area contributed by atoms with Crippen LogP contribution in [-0.4, -0.2) is 14.2 Å². The van der Waals surface area contributed by atoms with Gasteiger partial charge < -0.3 is 9.47 Å². The second kappa shape index (κ2) is 4.44. The number of ether oxygens (including phenoxy) is 2. The zero-order valence-corrected chi connectivity index (χ0v) is 9.91. The summed E-state index contributed by atoms with van der Waals surface area (Å²) in [6.07, 6.45) is 1.05. The van der Waals surface area contributed by atoms with Gasteiger partial charge in [-0.25, -0.2) is 0 Å². The van der Waals surface area contributed by atoms with Crippen molar-refractivity contribution in [3.63, 3.8) is 0 Å². The number of benzene rings is 2. The SMILES string of the molecule is CCc1ccc2c(OC)c(OC)ccc2c1. The molecule has 16 heavy (non-hydrogen) atoms. The van der Waals surface area contributed by atoms with Crippen LogP contribution in [0.15, 0.2) is 30.3 Å². The lowest BCUT2D eigenvalue weighted by Gasteiger charge is -2.11. The highest BCUT2D eigenvalue weighted by Gasteiger charge is 2.08. The van der Waals surface area contributed by atoms with Gasteiger partial charge in [0.05, 0.1) is 14.2 Å². The predicted molar refractivity (Wildman–Crippen MR) is 66.4 cm³/mol. The fourth-order valence-electron chi connectivity index (χ4n) is 1.92. The van der Waals surface area contributed by atoms with Crippen molar-refractivity contribution in [3.8, 4) is 11.5 Å². The number of aryl methyl sites for hydroxylation is 1. The summed E-state index contributed by atoms with van der Waals surface area (Å²) in [6, 6.07) is 10.4. The summed E-state index contributed by atoms with van der Waals surface area (Å²) in [5.41, 5.74) is 1.33. The van der Waals surface area contributed by atoms with Crippen LogP contribution in [0.25, 0.3) is 10.8 Å². The minimum atomic E-state index is 0.777. The molecule has 84 valence electrons. The third kappa shape index (κ3) is 1.71. The first kappa shape index (κ1) is 10.8. The first-order valence-corrected chi connectivity index (χ1v) is 5.43. The quantitative estimate of drug-likeness (QED) is 0.782. The van der Waals surface area contributed by atoms with Crippen LogP contribution in [-0.2, 0) is 6.42 Å². The van der Waals surface area contributed by atoms with Gasteiger partial charge in [0, 0.05) is 5.39 Å². The Bertz CT molecular complexity index is 503. The van der Waals surface area contributed by atoms with Gasteiger partial charge in [-0.2, -0.15) is 0 Å². The topological polar surface area (TPSA) is 18.5 Å². The summed E-state index contributed by atoms with van der Waals surface area (Å²) in [7, 11) is 3.33. The van der Waals surface area contributed by atoms with E-state index in [-0.39, 0.29) is 0 Å². The van der Waals surface area contributed by atoms with E-state index in [1.54, 1.807) is 14.2 Å². The minimum Gasteiger partial charge on any atom is -0.493 e. The molecule has 2 heteroatoms. The molecule has 0 aromatic heterocycles. The van der Waals surface area contributed by atoms with E-state index in [0.29, 0.717) is 0 Å². The fraction of sp³-hybridized carbons (Fsp3) is 0.286. The second-order valence-electron chi connectivity index (χ2n) is 3.71. The molecule has 0 saturated carbocycles. The molecule has 0 saturated heterocycles. The van der Waals surface area contributed by atoms with Gasteiger partial charge in [0.25, 0.3) is 0 Å². The Kier molecular flexibility index (Phi) is 3.00. The molecular formula is C14H16O2. The Morgan fingerprint density at radius 2 is 1.81 bits per heavy atom. The van der Waals surface area contributed by atoms with Crippen molar-refractivity contribution in [3.05, 3.63) is 35.9 Å². The Labute approximate surface area is 95.8 Å². The van der Waals surface area contributed by atoms with Gasteiger partial charge in [-0.15, -0.1) is 0 Å². The van der Waals surface area contributed by atoms with Crippen molar-refractivity contribution in [2.24, 2.45) is 0 Å². The summed E-state index contributed by atoms with van der Waals surface area (Å²) in [5.74, 6) is 1.59. The van der Waals surface area contributed by atoms with E-state index in [0.717, 1.165) is 23.3 Å². The summed E-state index contributed by atoms with van der Waals surface area (Å²) >= 11 is 0. The van der Waals surface area contributed by atoms with Crippen LogP contribution in [0.1, 0.15) is 12.5 Å². The molecule has 0 amide bonds. The lowest BCUT2D eigenvalue weighted by molar-refractivity contribution is 0.358. The summed E-state index contributed by atoms with van der Waals surface area (Å²) in [5, 5.41) is 2.29. The molecule has 0 aliphatic rings. The van der Waals surface area contributed by atoms with Crippen molar-refractivity contribution < 1.29 is 9.47 Å². The largest absolute Gasteiger partial charge is 0.493 e. The van der Waals surface area contributed by atoms with Gasteiger partial charge in [0.2, 0.25) is 0 Å². The maximum absolute atomic E-state index is 5.40. The standard InChI is InChI=1S/C14H16O2/c1-4-10-5-7-12-11(9-10)6-8-13(15-2)14(12)16-3/h5-9H,4H2,1-3H3. The molecule has 2 aromatic carbocycles. The highest BCUT2D eigenvalue weighted by Crippen LogP contribution is 2.35. The van der Waals surface area contributed by atoms with Gasteiger partial charge >= 0.3 is 0 Å². The monoisotopic (exact) mass is 216 g/mol. The smallest absolute Gasteiger partial charge is 0.168 e. The summed E-state index contributed by atoms with van der Waals surface area (Å²) in [6.45, 7) is 2.15. The van der Waals surface area contributed by atoms with Gasteiger partial charge in [-0.1, -0.05) is 31.2 Å². The van der Waals surface area contributed by atoms with Crippen molar-refractivity contribution in [1.29, 1.82) is 0 Å². The molecule has 0 fully saturated rings. The molecule has 0 bridgehead atoms. The van der Waals surface area contributed by atoms with Crippen LogP contribution in [0.2, 0.25) is 0 Å². The van der Waals surface area contributed by atoms with Crippen molar-refractivity contribution in [2.45, 2.75) is 13.3 Å². The average Bonchev–Trinajstić information content (AvgIpc) is 2.36. The van der Waals surface area contributed by atoms with Crippen molar-refractivity contribution >= 4 is 10.8 Å². The molecule has 0 N–H and O–H groups in total. The fourth-order valence-corrected chi connectivity index (χ4v) is 1.92. The predicted octanol–water partition coefficient (Wildman–Crippen LogP) is 3.42. The Morgan fingerprint density at radius 1 is 1.00 bits per heavy atom. The van der Waals surface area contributed by atoms with Crippen LogP contribution in [0.4, 0.5) is 0 Å². The summed E-state index contributed by atoms with van der Waals surface area (Å²) in [4.78, 5) is 0. The van der Waals surface area contributed by atoms with Crippen LogP contribution < -0.4 is 9.47 Å². The molecule has 2 aromatic rings. The molecule has 0 atom stereocenters. The third-order valence-electron chi connectivity index (χ3n) is 2.83. The van der Waals surface area contributed by atoms with Gasteiger partial charge in [0.15, 0.2) is 11.5 Å². The third-order valence-corrected chi connectivity index (χ3v) is 2.83. The number of rotatable bonds is 3.